The molecule has 1 N–H and O–H groups in total. The van der Waals surface area contributed by atoms with E-state index >= 15 is 0 Å². The van der Waals surface area contributed by atoms with Crippen LogP contribution in [0.4, 0.5) is 0 Å². The molecule has 3 rings (SSSR count). The number of benzene rings is 1. The number of aromatic nitrogens is 1. The van der Waals surface area contributed by atoms with E-state index in [2.05, 4.69) is 50.5 Å². The lowest BCUT2D eigenvalue weighted by atomic mass is 9.76. The standard InChI is InChI=1S/C15H17BrN2O/c1-10-8-18-15(19-10)9-17-14-6-12(7-14)11-3-2-4-13(16)5-11/h2-5,8,12,14,17H,6-7,9H2,1H3. The van der Waals surface area contributed by atoms with Crippen molar-refractivity contribution in [2.45, 2.75) is 38.3 Å². The minimum atomic E-state index is 0.580. The van der Waals surface area contributed by atoms with Crippen LogP contribution < -0.4 is 5.32 Å². The van der Waals surface area contributed by atoms with Gasteiger partial charge in [0.1, 0.15) is 5.76 Å². The molecule has 1 aromatic carbocycles. The molecule has 3 nitrogen and oxygen atoms in total. The van der Waals surface area contributed by atoms with Gasteiger partial charge in [-0.15, -0.1) is 0 Å². The van der Waals surface area contributed by atoms with E-state index in [0.29, 0.717) is 12.0 Å². The van der Waals surface area contributed by atoms with Gasteiger partial charge < -0.3 is 9.73 Å². The lowest BCUT2D eigenvalue weighted by Gasteiger charge is -2.36. The van der Waals surface area contributed by atoms with Crippen LogP contribution in [-0.4, -0.2) is 11.0 Å². The zero-order chi connectivity index (χ0) is 13.2. The summed E-state index contributed by atoms with van der Waals surface area (Å²) in [5.74, 6) is 2.34. The van der Waals surface area contributed by atoms with Crippen LogP contribution >= 0.6 is 15.9 Å². The zero-order valence-electron chi connectivity index (χ0n) is 10.9. The van der Waals surface area contributed by atoms with Crippen LogP contribution in [0.1, 0.15) is 36.0 Å². The second-order valence-corrected chi connectivity index (χ2v) is 6.08. The molecule has 19 heavy (non-hydrogen) atoms. The summed E-state index contributed by atoms with van der Waals surface area (Å²) < 4.78 is 6.61. The zero-order valence-corrected chi connectivity index (χ0v) is 12.5. The van der Waals surface area contributed by atoms with Gasteiger partial charge >= 0.3 is 0 Å². The van der Waals surface area contributed by atoms with Gasteiger partial charge in [0.15, 0.2) is 0 Å². The molecule has 1 fully saturated rings. The molecular weight excluding hydrogens is 304 g/mol. The predicted octanol–water partition coefficient (Wildman–Crippen LogP) is 3.78. The van der Waals surface area contributed by atoms with E-state index in [9.17, 15) is 0 Å². The molecule has 1 heterocycles. The Morgan fingerprint density at radius 2 is 2.26 bits per heavy atom. The first-order valence-corrected chi connectivity index (χ1v) is 7.40. The maximum atomic E-state index is 5.45. The number of aryl methyl sites for hydroxylation is 1. The third-order valence-corrected chi connectivity index (χ3v) is 4.16. The normalized spacial score (nSPS) is 22.2. The van der Waals surface area contributed by atoms with Gasteiger partial charge in [0.05, 0.1) is 12.7 Å². The number of oxazole rings is 1. The van der Waals surface area contributed by atoms with Crippen molar-refractivity contribution in [2.24, 2.45) is 0 Å². The molecule has 100 valence electrons. The van der Waals surface area contributed by atoms with E-state index in [0.717, 1.165) is 22.7 Å². The molecule has 2 aromatic rings. The summed E-state index contributed by atoms with van der Waals surface area (Å²) in [7, 11) is 0. The Balaban J connectivity index is 1.48. The Kier molecular flexibility index (Phi) is 3.71. The highest BCUT2D eigenvalue weighted by atomic mass is 79.9. The minimum Gasteiger partial charge on any atom is -0.445 e. The summed E-state index contributed by atoms with van der Waals surface area (Å²) in [4.78, 5) is 4.20. The van der Waals surface area contributed by atoms with E-state index in [1.807, 2.05) is 6.92 Å². The number of rotatable bonds is 4. The summed E-state index contributed by atoms with van der Waals surface area (Å²) in [6, 6.07) is 9.19. The van der Waals surface area contributed by atoms with Gasteiger partial charge in [-0.05, 0) is 43.4 Å². The van der Waals surface area contributed by atoms with Crippen molar-refractivity contribution < 1.29 is 4.42 Å². The molecule has 0 radical (unpaired) electrons. The van der Waals surface area contributed by atoms with Crippen molar-refractivity contribution in [3.63, 3.8) is 0 Å². The number of hydrogen-bond acceptors (Lipinski definition) is 3. The van der Waals surface area contributed by atoms with Crippen LogP contribution in [0.15, 0.2) is 39.4 Å². The largest absolute Gasteiger partial charge is 0.445 e. The second kappa shape index (κ2) is 5.47. The first-order valence-electron chi connectivity index (χ1n) is 6.61. The molecule has 1 aliphatic rings. The maximum Gasteiger partial charge on any atom is 0.208 e. The monoisotopic (exact) mass is 320 g/mol. The van der Waals surface area contributed by atoms with E-state index in [1.165, 1.54) is 18.4 Å². The van der Waals surface area contributed by atoms with Crippen molar-refractivity contribution in [3.05, 3.63) is 52.1 Å². The van der Waals surface area contributed by atoms with E-state index in [4.69, 9.17) is 4.42 Å². The van der Waals surface area contributed by atoms with Crippen molar-refractivity contribution in [1.82, 2.24) is 10.3 Å². The number of halogens is 1. The summed E-state index contributed by atoms with van der Waals surface area (Å²) in [6.45, 7) is 2.65. The smallest absolute Gasteiger partial charge is 0.208 e. The predicted molar refractivity (Wildman–Crippen MR) is 78.0 cm³/mol. The molecular formula is C15H17BrN2O. The fraction of sp³-hybridized carbons (Fsp3) is 0.400. The van der Waals surface area contributed by atoms with Gasteiger partial charge in [-0.1, -0.05) is 28.1 Å². The highest BCUT2D eigenvalue weighted by Crippen LogP contribution is 2.37. The average Bonchev–Trinajstić information content (AvgIpc) is 2.73. The number of hydrogen-bond donors (Lipinski definition) is 1. The van der Waals surface area contributed by atoms with Gasteiger partial charge in [0, 0.05) is 10.5 Å². The van der Waals surface area contributed by atoms with Crippen LogP contribution in [0.25, 0.3) is 0 Å². The lowest BCUT2D eigenvalue weighted by Crippen LogP contribution is -2.39. The van der Waals surface area contributed by atoms with Crippen LogP contribution in [0.5, 0.6) is 0 Å². The van der Waals surface area contributed by atoms with Crippen molar-refractivity contribution >= 4 is 15.9 Å². The van der Waals surface area contributed by atoms with Crippen LogP contribution in [0, 0.1) is 6.92 Å². The van der Waals surface area contributed by atoms with Gasteiger partial charge in [-0.25, -0.2) is 4.98 Å². The van der Waals surface area contributed by atoms with E-state index in [1.54, 1.807) is 6.20 Å². The molecule has 1 aromatic heterocycles. The fourth-order valence-electron chi connectivity index (χ4n) is 2.53. The lowest BCUT2D eigenvalue weighted by molar-refractivity contribution is 0.278. The van der Waals surface area contributed by atoms with Crippen molar-refractivity contribution in [2.75, 3.05) is 0 Å². The summed E-state index contributed by atoms with van der Waals surface area (Å²) in [5.41, 5.74) is 1.43. The molecule has 0 saturated heterocycles. The van der Waals surface area contributed by atoms with E-state index in [-0.39, 0.29) is 0 Å². The molecule has 0 unspecified atom stereocenters. The van der Waals surface area contributed by atoms with Crippen molar-refractivity contribution in [3.8, 4) is 0 Å². The third kappa shape index (κ3) is 3.07. The highest BCUT2D eigenvalue weighted by molar-refractivity contribution is 9.10. The summed E-state index contributed by atoms with van der Waals surface area (Å²) in [5, 5.41) is 3.50. The molecule has 1 saturated carbocycles. The van der Waals surface area contributed by atoms with Gasteiger partial charge in [0.25, 0.3) is 0 Å². The molecule has 0 atom stereocenters. The SMILES string of the molecule is Cc1cnc(CNC2CC(c3cccc(Br)c3)C2)o1. The van der Waals surface area contributed by atoms with Gasteiger partial charge in [0.2, 0.25) is 5.89 Å². The van der Waals surface area contributed by atoms with Crippen molar-refractivity contribution in [1.29, 1.82) is 0 Å². The third-order valence-electron chi connectivity index (χ3n) is 3.67. The molecule has 4 heteroatoms. The Bertz CT molecular complexity index is 561. The molecule has 0 spiro atoms. The Labute approximate surface area is 121 Å². The Morgan fingerprint density at radius 3 is 2.95 bits per heavy atom. The fourth-order valence-corrected chi connectivity index (χ4v) is 2.95. The first kappa shape index (κ1) is 12.9. The molecule has 1 aliphatic carbocycles. The average molecular weight is 321 g/mol. The van der Waals surface area contributed by atoms with Gasteiger partial charge in [-0.2, -0.15) is 0 Å². The maximum absolute atomic E-state index is 5.45. The van der Waals surface area contributed by atoms with Crippen LogP contribution in [0.2, 0.25) is 0 Å². The quantitative estimate of drug-likeness (QED) is 0.931. The topological polar surface area (TPSA) is 38.1 Å². The summed E-state index contributed by atoms with van der Waals surface area (Å²) in [6.07, 6.45) is 4.15. The summed E-state index contributed by atoms with van der Waals surface area (Å²) >= 11 is 3.53. The number of nitrogens with zero attached hydrogens (tertiary/aromatic N) is 1. The van der Waals surface area contributed by atoms with E-state index < -0.39 is 0 Å². The second-order valence-electron chi connectivity index (χ2n) is 5.17. The molecule has 0 amide bonds. The highest BCUT2D eigenvalue weighted by Gasteiger charge is 2.30. The van der Waals surface area contributed by atoms with Crippen LogP contribution in [-0.2, 0) is 6.54 Å². The molecule has 0 bridgehead atoms. The molecule has 0 aliphatic heterocycles. The first-order chi connectivity index (χ1) is 9.20. The van der Waals surface area contributed by atoms with Crippen LogP contribution in [0.3, 0.4) is 0 Å². The Hall–Kier alpha value is -1.13. The van der Waals surface area contributed by atoms with Gasteiger partial charge in [-0.3, -0.25) is 0 Å². The minimum absolute atomic E-state index is 0.580. The number of nitrogens with one attached hydrogen (secondary N) is 1. The Morgan fingerprint density at radius 1 is 1.42 bits per heavy atom.